The topological polar surface area (TPSA) is 171 Å². The molecule has 0 saturated carbocycles. The minimum absolute atomic E-state index is 0.0976. The molecule has 0 spiro atoms. The maximum atomic E-state index is 15.4. The Morgan fingerprint density at radius 2 is 2.03 bits per heavy atom. The number of rotatable bonds is 7. The highest BCUT2D eigenvalue weighted by Gasteiger charge is 2.60. The Morgan fingerprint density at radius 1 is 1.40 bits per heavy atom. The van der Waals surface area contributed by atoms with Crippen molar-refractivity contribution in [3.8, 4) is 0 Å². The summed E-state index contributed by atoms with van der Waals surface area (Å²) in [5, 5.41) is 3.46. The first-order valence-electron chi connectivity index (χ1n) is 9.12. The van der Waals surface area contributed by atoms with Crippen LogP contribution in [0.3, 0.4) is 0 Å². The lowest BCUT2D eigenvalue weighted by Gasteiger charge is -2.29. The molecule has 2 N–H and O–H groups in total. The Labute approximate surface area is 170 Å². The van der Waals surface area contributed by atoms with Crippen molar-refractivity contribution in [2.24, 2.45) is 17.0 Å². The lowest BCUT2D eigenvalue weighted by molar-refractivity contribution is -0.180. The number of nitrogens with zero attached hydrogens (tertiary/aromatic N) is 5. The van der Waals surface area contributed by atoms with Crippen LogP contribution in [0.1, 0.15) is 33.9 Å². The fourth-order valence-electron chi connectivity index (χ4n) is 2.63. The molecule has 1 aromatic rings. The summed E-state index contributed by atoms with van der Waals surface area (Å²) < 4.78 is 32.0. The van der Waals surface area contributed by atoms with Gasteiger partial charge in [0.2, 0.25) is 5.72 Å². The second kappa shape index (κ2) is 9.09. The molecule has 12 nitrogen and oxygen atoms in total. The molecule has 1 saturated heterocycles. The molecule has 1 fully saturated rings. The lowest BCUT2D eigenvalue weighted by Crippen LogP contribution is -2.48. The molecule has 2 heterocycles. The molecular formula is C17H23FN6O6. The molecule has 0 aliphatic carbocycles. The number of aromatic nitrogens is 2. The van der Waals surface area contributed by atoms with E-state index in [1.807, 2.05) is 0 Å². The maximum Gasteiger partial charge on any atom is 0.351 e. The van der Waals surface area contributed by atoms with Gasteiger partial charge in [0, 0.05) is 11.1 Å². The summed E-state index contributed by atoms with van der Waals surface area (Å²) in [5.74, 6) is -2.75. The van der Waals surface area contributed by atoms with Crippen LogP contribution in [0, 0.1) is 11.8 Å². The molecule has 4 atom stereocenters. The summed E-state index contributed by atoms with van der Waals surface area (Å²) in [7, 11) is 0. The maximum absolute atomic E-state index is 15.4. The molecule has 2 rings (SSSR count). The van der Waals surface area contributed by atoms with E-state index >= 15 is 4.39 Å². The van der Waals surface area contributed by atoms with Gasteiger partial charge in [-0.1, -0.05) is 32.8 Å². The van der Waals surface area contributed by atoms with Gasteiger partial charge in [0.15, 0.2) is 18.5 Å². The number of carbonyl (C=O) groups is 2. The third-order valence-corrected chi connectivity index (χ3v) is 4.28. The van der Waals surface area contributed by atoms with Crippen molar-refractivity contribution >= 4 is 17.8 Å². The Kier molecular flexibility index (Phi) is 7.00. The van der Waals surface area contributed by atoms with Crippen molar-refractivity contribution in [3.63, 3.8) is 0 Å². The largest absolute Gasteiger partial charge is 0.462 e. The van der Waals surface area contributed by atoms with Gasteiger partial charge in [-0.15, -0.1) is 0 Å². The molecule has 0 radical (unpaired) electrons. The lowest BCUT2D eigenvalue weighted by atomic mass is 10.1. The van der Waals surface area contributed by atoms with E-state index in [0.29, 0.717) is 0 Å². The van der Waals surface area contributed by atoms with Crippen LogP contribution in [0.15, 0.2) is 22.2 Å². The van der Waals surface area contributed by atoms with Crippen molar-refractivity contribution in [2.75, 3.05) is 12.3 Å². The highest BCUT2D eigenvalue weighted by atomic mass is 19.1. The molecule has 164 valence electrons. The van der Waals surface area contributed by atoms with Gasteiger partial charge in [0.25, 0.3) is 0 Å². The van der Waals surface area contributed by atoms with Gasteiger partial charge < -0.3 is 19.9 Å². The van der Waals surface area contributed by atoms with Crippen LogP contribution in [0.4, 0.5) is 10.2 Å². The van der Waals surface area contributed by atoms with Crippen LogP contribution >= 0.6 is 0 Å². The fourth-order valence-corrected chi connectivity index (χ4v) is 2.63. The molecule has 0 bridgehead atoms. The second-order valence-electron chi connectivity index (χ2n) is 7.30. The average molecular weight is 426 g/mol. The van der Waals surface area contributed by atoms with Crippen molar-refractivity contribution < 1.29 is 28.2 Å². The van der Waals surface area contributed by atoms with Crippen molar-refractivity contribution in [1.29, 1.82) is 0 Å². The van der Waals surface area contributed by atoms with Crippen molar-refractivity contribution in [3.05, 3.63) is 33.2 Å². The highest BCUT2D eigenvalue weighted by molar-refractivity contribution is 5.72. The molecule has 0 aromatic carbocycles. The van der Waals surface area contributed by atoms with Gasteiger partial charge in [-0.05, 0) is 11.6 Å². The monoisotopic (exact) mass is 426 g/mol. The van der Waals surface area contributed by atoms with Crippen LogP contribution in [-0.4, -0.2) is 46.1 Å². The molecule has 1 aliphatic rings. The number of nitrogen functional groups attached to an aromatic ring is 1. The normalized spacial score (nSPS) is 25.8. The van der Waals surface area contributed by atoms with Crippen LogP contribution in [0.25, 0.3) is 10.4 Å². The van der Waals surface area contributed by atoms with Gasteiger partial charge >= 0.3 is 17.6 Å². The number of azide groups is 1. The molecule has 1 aliphatic heterocycles. The number of anilines is 1. The molecular weight excluding hydrogens is 403 g/mol. The fraction of sp³-hybridized carbons (Fsp3) is 0.647. The second-order valence-corrected chi connectivity index (χ2v) is 7.30. The van der Waals surface area contributed by atoms with E-state index in [4.69, 9.17) is 25.5 Å². The van der Waals surface area contributed by atoms with Gasteiger partial charge in [0.05, 0.1) is 11.8 Å². The SMILES string of the molecule is CC(C)C(=O)OC[C@@]1(N=[N+]=[N-])OC(n2ccc(N)nc2=O)[C@H](F)[C@@H]1OC(=O)C(C)C. The van der Waals surface area contributed by atoms with Gasteiger partial charge in [-0.3, -0.25) is 14.2 Å². The van der Waals surface area contributed by atoms with Gasteiger partial charge in [-0.2, -0.15) is 4.98 Å². The Bertz CT molecular complexity index is 914. The van der Waals surface area contributed by atoms with E-state index in [2.05, 4.69) is 15.0 Å². The number of hydrogen-bond donors (Lipinski definition) is 1. The third-order valence-electron chi connectivity index (χ3n) is 4.28. The number of nitrogens with two attached hydrogens (primary N) is 1. The molecule has 0 amide bonds. The molecule has 1 unspecified atom stereocenters. The Balaban J connectivity index is 2.50. The van der Waals surface area contributed by atoms with E-state index in [1.54, 1.807) is 13.8 Å². The van der Waals surface area contributed by atoms with E-state index in [9.17, 15) is 14.4 Å². The number of carbonyl (C=O) groups excluding carboxylic acids is 2. The quantitative estimate of drug-likeness (QED) is 0.295. The third kappa shape index (κ3) is 4.69. The summed E-state index contributed by atoms with van der Waals surface area (Å²) in [4.78, 5) is 42.4. The molecule has 1 aromatic heterocycles. The van der Waals surface area contributed by atoms with E-state index in [-0.39, 0.29) is 5.82 Å². The van der Waals surface area contributed by atoms with Crippen LogP contribution in [0.5, 0.6) is 0 Å². The summed E-state index contributed by atoms with van der Waals surface area (Å²) in [6, 6.07) is 1.24. The zero-order valence-corrected chi connectivity index (χ0v) is 16.9. The summed E-state index contributed by atoms with van der Waals surface area (Å²) >= 11 is 0. The first-order chi connectivity index (χ1) is 14.0. The zero-order chi connectivity index (χ0) is 22.6. The number of hydrogen-bond acceptors (Lipinski definition) is 9. The Morgan fingerprint density at radius 3 is 2.57 bits per heavy atom. The number of ether oxygens (including phenoxy) is 3. The van der Waals surface area contributed by atoms with E-state index < -0.39 is 60.3 Å². The number of alkyl halides is 1. The summed E-state index contributed by atoms with van der Waals surface area (Å²) in [5.41, 5.74) is 11.3. The molecule has 30 heavy (non-hydrogen) atoms. The van der Waals surface area contributed by atoms with Crippen LogP contribution in [0.2, 0.25) is 0 Å². The number of halogens is 1. The Hall–Kier alpha value is -3.18. The minimum atomic E-state index is -2.24. The predicted molar refractivity (Wildman–Crippen MR) is 100 cm³/mol. The van der Waals surface area contributed by atoms with E-state index in [0.717, 1.165) is 10.8 Å². The van der Waals surface area contributed by atoms with Crippen molar-refractivity contribution in [1.82, 2.24) is 9.55 Å². The van der Waals surface area contributed by atoms with Crippen LogP contribution in [-0.2, 0) is 23.8 Å². The molecule has 13 heteroatoms. The predicted octanol–water partition coefficient (Wildman–Crippen LogP) is 1.47. The van der Waals surface area contributed by atoms with Crippen LogP contribution < -0.4 is 11.4 Å². The highest BCUT2D eigenvalue weighted by Crippen LogP contribution is 2.42. The zero-order valence-electron chi connectivity index (χ0n) is 16.9. The first-order valence-corrected chi connectivity index (χ1v) is 9.12. The van der Waals surface area contributed by atoms with Gasteiger partial charge in [0.1, 0.15) is 12.4 Å². The summed E-state index contributed by atoms with van der Waals surface area (Å²) in [6.45, 7) is 5.43. The smallest absolute Gasteiger partial charge is 0.351 e. The average Bonchev–Trinajstić information content (AvgIpc) is 2.92. The van der Waals surface area contributed by atoms with Crippen molar-refractivity contribution in [2.45, 2.75) is 51.9 Å². The summed E-state index contributed by atoms with van der Waals surface area (Å²) in [6.07, 6.45) is -4.49. The van der Waals surface area contributed by atoms with E-state index in [1.165, 1.54) is 19.9 Å². The standard InChI is InChI=1S/C17H23FN6O6/c1-8(2)14(25)28-7-17(22-23-20)12(29-15(26)9(3)4)11(18)13(30-17)24-6-5-10(19)21-16(24)27/h5-6,8-9,11-13H,7H2,1-4H3,(H2,19,21,27)/t11-,12+,13?,17-/m1/s1. The first kappa shape index (κ1) is 23.1. The minimum Gasteiger partial charge on any atom is -0.462 e. The van der Waals surface area contributed by atoms with Gasteiger partial charge in [-0.25, -0.2) is 9.18 Å². The number of esters is 2.